The number of aliphatic hydroxyl groups is 1. The Morgan fingerprint density at radius 2 is 1.88 bits per heavy atom. The monoisotopic (exact) mass is 456 g/mol. The number of likely N-dealkylation sites (N-methyl/N-ethyl adjacent to an activating group) is 1. The zero-order valence-corrected chi connectivity index (χ0v) is 19.2. The number of amides is 1. The molecule has 0 atom stereocenters. The summed E-state index contributed by atoms with van der Waals surface area (Å²) in [5.74, 6) is -0.0593. The second-order valence-corrected chi connectivity index (χ2v) is 7.48. The maximum Gasteiger partial charge on any atom is 0.253 e. The number of anilines is 1. The number of unbranched alkanes of at least 4 members (excludes halogenated alkanes) is 1. The summed E-state index contributed by atoms with van der Waals surface area (Å²) >= 11 is 0. The van der Waals surface area contributed by atoms with Gasteiger partial charge in [0.2, 0.25) is 5.95 Å². The van der Waals surface area contributed by atoms with Crippen LogP contribution in [0.15, 0.2) is 12.1 Å². The molecule has 0 aliphatic heterocycles. The number of carbonyl (C=O) groups excluding carboxylic acids is 1. The maximum absolute atomic E-state index is 14.1. The van der Waals surface area contributed by atoms with E-state index in [-0.39, 0.29) is 17.6 Å². The van der Waals surface area contributed by atoms with Gasteiger partial charge in [-0.15, -0.1) is 30.8 Å². The number of nitrogens with two attached hydrogens (primary N) is 1. The van der Waals surface area contributed by atoms with Crippen LogP contribution in [0, 0.1) is 31.5 Å². The first-order chi connectivity index (χ1) is 15.6. The molecule has 0 aliphatic carbocycles. The van der Waals surface area contributed by atoms with E-state index in [4.69, 9.17) is 10.5 Å². The lowest BCUT2D eigenvalue weighted by Gasteiger charge is -2.24. The highest BCUT2D eigenvalue weighted by atomic mass is 19.1. The van der Waals surface area contributed by atoms with Gasteiger partial charge in [0.05, 0.1) is 12.6 Å². The predicted molar refractivity (Wildman–Crippen MR) is 126 cm³/mol. The predicted octanol–water partition coefficient (Wildman–Crippen LogP) is 2.06. The Kier molecular flexibility index (Phi) is 9.58. The van der Waals surface area contributed by atoms with Crippen molar-refractivity contribution < 1.29 is 19.0 Å². The molecule has 0 spiro atoms. The van der Waals surface area contributed by atoms with Crippen molar-refractivity contribution in [1.82, 2.24) is 24.5 Å². The lowest BCUT2D eigenvalue weighted by atomic mass is 10.1. The van der Waals surface area contributed by atoms with Crippen molar-refractivity contribution in [2.75, 3.05) is 26.4 Å². The Hall–Kier alpha value is -3.89. The number of fused-ring (bicyclic) bond motifs is 3. The topological polar surface area (TPSA) is 119 Å². The molecule has 3 rings (SSSR count). The number of benzene rings is 1. The average Bonchev–Trinajstić information content (AvgIpc) is 3.23. The summed E-state index contributed by atoms with van der Waals surface area (Å²) in [4.78, 5) is 22.2. The number of aryl methyl sites for hydroxylation is 1. The number of hydrogen-bond donors (Lipinski definition) is 2. The molecule has 3 N–H and O–H groups in total. The number of nitrogen functional groups attached to an aromatic ring is 1. The van der Waals surface area contributed by atoms with Crippen molar-refractivity contribution in [3.63, 3.8) is 0 Å². The van der Waals surface area contributed by atoms with E-state index >= 15 is 0 Å². The minimum absolute atomic E-state index is 0.0817. The van der Waals surface area contributed by atoms with Crippen LogP contribution in [0.1, 0.15) is 32.5 Å². The van der Waals surface area contributed by atoms with Crippen LogP contribution in [0.3, 0.4) is 0 Å². The number of ether oxygens (including phenoxy) is 1. The smallest absolute Gasteiger partial charge is 0.253 e. The van der Waals surface area contributed by atoms with E-state index in [1.807, 2.05) is 0 Å². The van der Waals surface area contributed by atoms with Crippen molar-refractivity contribution in [2.45, 2.75) is 38.7 Å². The van der Waals surface area contributed by atoms with Gasteiger partial charge in [-0.1, -0.05) is 0 Å². The van der Waals surface area contributed by atoms with Gasteiger partial charge < -0.3 is 20.5 Å². The number of aromatic nitrogens is 4. The summed E-state index contributed by atoms with van der Waals surface area (Å²) in [6.07, 6.45) is 18.0. The second-order valence-electron chi connectivity index (χ2n) is 7.48. The fourth-order valence-electron chi connectivity index (χ4n) is 3.14. The molecule has 0 saturated carbocycles. The largest absolute Gasteiger partial charge is 0.494 e. The normalized spacial score (nSPS) is 10.6. The maximum atomic E-state index is 14.1. The van der Waals surface area contributed by atoms with Crippen molar-refractivity contribution in [3.05, 3.63) is 23.8 Å². The molecule has 0 bridgehead atoms. The number of rotatable bonds is 7. The molecule has 3 aromatic rings. The highest BCUT2D eigenvalue weighted by molar-refractivity contribution is 5.93. The summed E-state index contributed by atoms with van der Waals surface area (Å²) < 4.78 is 20.5. The molecule has 1 amide bonds. The van der Waals surface area contributed by atoms with Crippen LogP contribution in [-0.4, -0.2) is 61.8 Å². The average molecular weight is 457 g/mol. The lowest BCUT2D eigenvalue weighted by Crippen LogP contribution is -2.43. The summed E-state index contributed by atoms with van der Waals surface area (Å²) in [6, 6.07) is 2.79. The quantitative estimate of drug-likeness (QED) is 0.413. The summed E-state index contributed by atoms with van der Waals surface area (Å²) in [6.45, 7) is 3.44. The van der Waals surface area contributed by atoms with Crippen molar-refractivity contribution in [2.24, 2.45) is 0 Å². The van der Waals surface area contributed by atoms with Crippen molar-refractivity contribution in [3.8, 4) is 31.4 Å². The molecule has 2 aromatic heterocycles. The number of carbonyl (C=O) groups is 1. The fraction of sp³-hybridized carbons (Fsp3) is 0.391. The minimum atomic E-state index is -1.39. The first kappa shape index (κ1) is 27.1. The molecule has 0 aliphatic rings. The first-order valence-electron chi connectivity index (χ1n) is 9.94. The molecule has 33 heavy (non-hydrogen) atoms. The van der Waals surface area contributed by atoms with E-state index < -0.39 is 11.4 Å². The standard InChI is InChI=1S/C19H25FN6O3.2C2H2/c1-19(2,28)17(27)25(3)8-6-5-7-15-23-16-11-9-12(20)14(29-4)10-13(11)22-18(21)26(16)24-15;2*1-2/h9-10,28H,5-8H2,1-4H3,(H2,21,22);2*1-2H. The zero-order chi connectivity index (χ0) is 25.3. The molecular weight excluding hydrogens is 427 g/mol. The van der Waals surface area contributed by atoms with Crippen molar-refractivity contribution in [1.29, 1.82) is 0 Å². The number of methoxy groups -OCH3 is 1. The van der Waals surface area contributed by atoms with Crippen LogP contribution < -0.4 is 10.5 Å². The van der Waals surface area contributed by atoms with E-state index in [9.17, 15) is 14.3 Å². The molecule has 2 heterocycles. The van der Waals surface area contributed by atoms with Crippen LogP contribution in [0.4, 0.5) is 10.3 Å². The van der Waals surface area contributed by atoms with Crippen LogP contribution in [-0.2, 0) is 11.2 Å². The highest BCUT2D eigenvalue weighted by Gasteiger charge is 2.26. The van der Waals surface area contributed by atoms with E-state index in [0.29, 0.717) is 41.8 Å². The lowest BCUT2D eigenvalue weighted by molar-refractivity contribution is -0.146. The van der Waals surface area contributed by atoms with Gasteiger partial charge in [-0.25, -0.2) is 14.4 Å². The first-order valence-corrected chi connectivity index (χ1v) is 9.94. The van der Waals surface area contributed by atoms with Gasteiger partial charge in [0.15, 0.2) is 23.0 Å². The molecule has 10 heteroatoms. The highest BCUT2D eigenvalue weighted by Crippen LogP contribution is 2.27. The summed E-state index contributed by atoms with van der Waals surface area (Å²) in [5.41, 5.74) is 5.49. The SMILES string of the molecule is C#C.C#C.COc1cc2nc(N)n3nc(CCCCN(C)C(=O)C(C)(C)O)nc3c2cc1F. The Morgan fingerprint density at radius 1 is 1.24 bits per heavy atom. The van der Waals surface area contributed by atoms with Gasteiger partial charge in [-0.3, -0.25) is 4.79 Å². The zero-order valence-electron chi connectivity index (χ0n) is 19.2. The van der Waals surface area contributed by atoms with Gasteiger partial charge in [0, 0.05) is 31.5 Å². The molecular formula is C23H29FN6O3. The molecule has 0 fully saturated rings. The number of hydrogen-bond acceptors (Lipinski definition) is 7. The number of halogens is 1. The van der Waals surface area contributed by atoms with Gasteiger partial charge in [0.25, 0.3) is 5.91 Å². The minimum Gasteiger partial charge on any atom is -0.494 e. The molecule has 0 unspecified atom stereocenters. The van der Waals surface area contributed by atoms with Gasteiger partial charge in [-0.2, -0.15) is 4.52 Å². The van der Waals surface area contributed by atoms with E-state index in [2.05, 4.69) is 40.8 Å². The van der Waals surface area contributed by atoms with Gasteiger partial charge >= 0.3 is 0 Å². The van der Waals surface area contributed by atoms with E-state index in [1.165, 1.54) is 42.5 Å². The third-order valence-corrected chi connectivity index (χ3v) is 4.63. The summed E-state index contributed by atoms with van der Waals surface area (Å²) in [7, 11) is 3.04. The summed E-state index contributed by atoms with van der Waals surface area (Å²) in [5, 5.41) is 14.6. The molecule has 1 aromatic carbocycles. The fourth-order valence-corrected chi connectivity index (χ4v) is 3.14. The van der Waals surface area contributed by atoms with Gasteiger partial charge in [0.1, 0.15) is 5.60 Å². The Morgan fingerprint density at radius 3 is 2.45 bits per heavy atom. The third-order valence-electron chi connectivity index (χ3n) is 4.63. The number of terminal acetylenes is 2. The van der Waals surface area contributed by atoms with Crippen LogP contribution >= 0.6 is 0 Å². The van der Waals surface area contributed by atoms with Gasteiger partial charge in [-0.05, 0) is 32.8 Å². The van der Waals surface area contributed by atoms with Crippen LogP contribution in [0.25, 0.3) is 16.6 Å². The Labute approximate surface area is 192 Å². The Balaban J connectivity index is 0.00000129. The van der Waals surface area contributed by atoms with Crippen LogP contribution in [0.5, 0.6) is 5.75 Å². The molecule has 0 saturated heterocycles. The van der Waals surface area contributed by atoms with Crippen molar-refractivity contribution >= 4 is 28.4 Å². The molecule has 9 nitrogen and oxygen atoms in total. The second kappa shape index (κ2) is 11.7. The van der Waals surface area contributed by atoms with E-state index in [1.54, 1.807) is 7.05 Å². The molecule has 0 radical (unpaired) electrons. The third kappa shape index (κ3) is 6.31. The molecule has 176 valence electrons. The Bertz CT molecular complexity index is 1140. The number of nitrogens with zero attached hydrogens (tertiary/aromatic N) is 5. The van der Waals surface area contributed by atoms with Crippen LogP contribution in [0.2, 0.25) is 0 Å². The van der Waals surface area contributed by atoms with E-state index in [0.717, 1.165) is 6.42 Å².